The number of piperazine rings is 1. The van der Waals surface area contributed by atoms with Gasteiger partial charge in [-0.2, -0.15) is 0 Å². The summed E-state index contributed by atoms with van der Waals surface area (Å²) in [4.78, 5) is 2.53. The normalized spacial score (nSPS) is 31.4. The molecule has 3 rings (SSSR count). The number of nitrogens with one attached hydrogen (secondary N) is 1. The van der Waals surface area contributed by atoms with Crippen LogP contribution in [0.5, 0.6) is 0 Å². The van der Waals surface area contributed by atoms with Crippen molar-refractivity contribution >= 4 is 0 Å². The molecule has 0 radical (unpaired) electrons. The van der Waals surface area contributed by atoms with Crippen molar-refractivity contribution < 1.29 is 4.39 Å². The first-order chi connectivity index (χ1) is 9.58. The summed E-state index contributed by atoms with van der Waals surface area (Å²) in [6, 6.07) is 7.69. The largest absolute Gasteiger partial charge is 0.308 e. The van der Waals surface area contributed by atoms with Crippen molar-refractivity contribution in [3.05, 3.63) is 35.6 Å². The SMILES string of the molecule is CC1CNC(C)(C2CC2)CN1CCc1ccccc1F. The van der Waals surface area contributed by atoms with Gasteiger partial charge in [-0.15, -0.1) is 0 Å². The van der Waals surface area contributed by atoms with Gasteiger partial charge in [0.1, 0.15) is 5.82 Å². The van der Waals surface area contributed by atoms with Gasteiger partial charge in [-0.1, -0.05) is 18.2 Å². The van der Waals surface area contributed by atoms with Gasteiger partial charge in [0.15, 0.2) is 0 Å². The molecular weight excluding hydrogens is 251 g/mol. The molecule has 1 heterocycles. The molecule has 2 atom stereocenters. The monoisotopic (exact) mass is 276 g/mol. The van der Waals surface area contributed by atoms with E-state index in [0.29, 0.717) is 6.04 Å². The van der Waals surface area contributed by atoms with Gasteiger partial charge in [-0.3, -0.25) is 4.90 Å². The minimum absolute atomic E-state index is 0.0692. The van der Waals surface area contributed by atoms with Crippen molar-refractivity contribution in [2.45, 2.75) is 44.7 Å². The van der Waals surface area contributed by atoms with Crippen LogP contribution in [-0.2, 0) is 6.42 Å². The second-order valence-electron chi connectivity index (χ2n) is 6.73. The van der Waals surface area contributed by atoms with E-state index in [2.05, 4.69) is 24.1 Å². The molecule has 1 N–H and O–H groups in total. The zero-order chi connectivity index (χ0) is 14.2. The van der Waals surface area contributed by atoms with E-state index in [1.165, 1.54) is 12.8 Å². The molecule has 0 bridgehead atoms. The molecule has 110 valence electrons. The van der Waals surface area contributed by atoms with E-state index in [9.17, 15) is 4.39 Å². The summed E-state index contributed by atoms with van der Waals surface area (Å²) in [5, 5.41) is 3.73. The highest BCUT2D eigenvalue weighted by molar-refractivity contribution is 5.17. The van der Waals surface area contributed by atoms with Crippen LogP contribution in [0.25, 0.3) is 0 Å². The first-order valence-corrected chi connectivity index (χ1v) is 7.81. The average molecular weight is 276 g/mol. The van der Waals surface area contributed by atoms with Crippen LogP contribution >= 0.6 is 0 Å². The Hall–Kier alpha value is -0.930. The molecule has 1 aliphatic heterocycles. The average Bonchev–Trinajstić information content (AvgIpc) is 3.26. The Morgan fingerprint density at radius 3 is 2.80 bits per heavy atom. The highest BCUT2D eigenvalue weighted by atomic mass is 19.1. The van der Waals surface area contributed by atoms with E-state index in [0.717, 1.165) is 37.5 Å². The fourth-order valence-corrected chi connectivity index (χ4v) is 3.40. The quantitative estimate of drug-likeness (QED) is 0.909. The third-order valence-corrected chi connectivity index (χ3v) is 5.06. The molecule has 0 spiro atoms. The van der Waals surface area contributed by atoms with Crippen molar-refractivity contribution in [3.8, 4) is 0 Å². The van der Waals surface area contributed by atoms with Crippen molar-refractivity contribution in [2.75, 3.05) is 19.6 Å². The molecule has 2 unspecified atom stereocenters. The summed E-state index contributed by atoms with van der Waals surface area (Å²) < 4.78 is 13.7. The van der Waals surface area contributed by atoms with Gasteiger partial charge < -0.3 is 5.32 Å². The molecule has 1 aromatic rings. The minimum Gasteiger partial charge on any atom is -0.308 e. The van der Waals surface area contributed by atoms with E-state index in [4.69, 9.17) is 0 Å². The lowest BCUT2D eigenvalue weighted by molar-refractivity contribution is 0.0842. The summed E-state index contributed by atoms with van der Waals surface area (Å²) in [5.41, 5.74) is 1.10. The number of rotatable bonds is 4. The molecule has 1 saturated carbocycles. The summed E-state index contributed by atoms with van der Waals surface area (Å²) in [5.74, 6) is 0.770. The van der Waals surface area contributed by atoms with Gasteiger partial charge in [0, 0.05) is 31.2 Å². The van der Waals surface area contributed by atoms with Crippen LogP contribution in [0.2, 0.25) is 0 Å². The van der Waals surface area contributed by atoms with Crippen LogP contribution in [0.15, 0.2) is 24.3 Å². The lowest BCUT2D eigenvalue weighted by Crippen LogP contribution is -2.63. The Morgan fingerprint density at radius 1 is 1.35 bits per heavy atom. The Morgan fingerprint density at radius 2 is 2.10 bits per heavy atom. The van der Waals surface area contributed by atoms with Gasteiger partial charge in [-0.25, -0.2) is 4.39 Å². The first kappa shape index (κ1) is 14.0. The van der Waals surface area contributed by atoms with E-state index < -0.39 is 0 Å². The minimum atomic E-state index is -0.0692. The summed E-state index contributed by atoms with van der Waals surface area (Å²) in [6.45, 7) is 7.71. The highest BCUT2D eigenvalue weighted by Gasteiger charge is 2.45. The predicted octanol–water partition coefficient (Wildman–Crippen LogP) is 2.83. The zero-order valence-corrected chi connectivity index (χ0v) is 12.5. The van der Waals surface area contributed by atoms with Crippen molar-refractivity contribution in [1.82, 2.24) is 10.2 Å². The van der Waals surface area contributed by atoms with Gasteiger partial charge in [0.2, 0.25) is 0 Å². The molecule has 20 heavy (non-hydrogen) atoms. The highest BCUT2D eigenvalue weighted by Crippen LogP contribution is 2.41. The van der Waals surface area contributed by atoms with Crippen molar-refractivity contribution in [1.29, 1.82) is 0 Å². The van der Waals surface area contributed by atoms with E-state index >= 15 is 0 Å². The fourth-order valence-electron chi connectivity index (χ4n) is 3.40. The predicted molar refractivity (Wildman–Crippen MR) is 80.3 cm³/mol. The van der Waals surface area contributed by atoms with Gasteiger partial charge >= 0.3 is 0 Å². The van der Waals surface area contributed by atoms with Crippen LogP contribution in [-0.4, -0.2) is 36.1 Å². The number of nitrogens with zero attached hydrogens (tertiary/aromatic N) is 1. The number of hydrogen-bond acceptors (Lipinski definition) is 2. The van der Waals surface area contributed by atoms with E-state index in [1.807, 2.05) is 12.1 Å². The Bertz CT molecular complexity index is 472. The summed E-state index contributed by atoms with van der Waals surface area (Å²) >= 11 is 0. The zero-order valence-electron chi connectivity index (χ0n) is 12.5. The Kier molecular flexibility index (Phi) is 3.83. The van der Waals surface area contributed by atoms with Crippen molar-refractivity contribution in [3.63, 3.8) is 0 Å². The van der Waals surface area contributed by atoms with Crippen molar-refractivity contribution in [2.24, 2.45) is 5.92 Å². The van der Waals surface area contributed by atoms with Crippen LogP contribution in [0, 0.1) is 11.7 Å². The topological polar surface area (TPSA) is 15.3 Å². The third-order valence-electron chi connectivity index (χ3n) is 5.06. The third kappa shape index (κ3) is 2.89. The summed E-state index contributed by atoms with van der Waals surface area (Å²) in [7, 11) is 0. The summed E-state index contributed by atoms with van der Waals surface area (Å²) in [6.07, 6.45) is 3.52. The second kappa shape index (κ2) is 5.45. The Labute approximate surface area is 121 Å². The molecule has 2 aliphatic rings. The number of halogens is 1. The first-order valence-electron chi connectivity index (χ1n) is 7.81. The van der Waals surface area contributed by atoms with Gasteiger partial charge in [0.05, 0.1) is 0 Å². The van der Waals surface area contributed by atoms with Crippen LogP contribution < -0.4 is 5.32 Å². The standard InChI is InChI=1S/C17H25FN2/c1-13-11-19-17(2,15-7-8-15)12-20(13)10-9-14-5-3-4-6-16(14)18/h3-6,13,15,19H,7-12H2,1-2H3. The molecule has 2 nitrogen and oxygen atoms in total. The number of hydrogen-bond donors (Lipinski definition) is 1. The molecule has 0 aromatic heterocycles. The molecular formula is C17H25FN2. The number of benzene rings is 1. The van der Waals surface area contributed by atoms with E-state index in [-0.39, 0.29) is 11.4 Å². The van der Waals surface area contributed by atoms with Crippen LogP contribution in [0.4, 0.5) is 4.39 Å². The molecule has 1 saturated heterocycles. The van der Waals surface area contributed by atoms with E-state index in [1.54, 1.807) is 12.1 Å². The second-order valence-corrected chi connectivity index (χ2v) is 6.73. The molecule has 1 aliphatic carbocycles. The maximum Gasteiger partial charge on any atom is 0.126 e. The fraction of sp³-hybridized carbons (Fsp3) is 0.647. The van der Waals surface area contributed by atoms with Crippen LogP contribution in [0.3, 0.4) is 0 Å². The Balaban J connectivity index is 1.62. The molecule has 1 aromatic carbocycles. The molecule has 2 fully saturated rings. The smallest absolute Gasteiger partial charge is 0.126 e. The van der Waals surface area contributed by atoms with Gasteiger partial charge in [-0.05, 0) is 50.7 Å². The maximum absolute atomic E-state index is 13.7. The van der Waals surface area contributed by atoms with Gasteiger partial charge in [0.25, 0.3) is 0 Å². The lowest BCUT2D eigenvalue weighted by Gasteiger charge is -2.45. The van der Waals surface area contributed by atoms with Crippen LogP contribution in [0.1, 0.15) is 32.3 Å². The lowest BCUT2D eigenvalue weighted by atomic mass is 9.91. The maximum atomic E-state index is 13.7. The molecule has 0 amide bonds. The molecule has 3 heteroatoms.